The molecule has 0 bridgehead atoms. The van der Waals surface area contributed by atoms with Gasteiger partial charge in [0.1, 0.15) is 0 Å². The second kappa shape index (κ2) is 22.3. The van der Waals surface area contributed by atoms with Gasteiger partial charge in [-0.25, -0.2) is 0 Å². The Morgan fingerprint density at radius 1 is 0.351 bits per heavy atom. The summed E-state index contributed by atoms with van der Waals surface area (Å²) in [5.41, 5.74) is 29.6. The molecule has 2 aliphatic carbocycles. The molecule has 11 aromatic carbocycles. The fraction of sp³-hybridized carbons (Fsp3) is 0.283. The molecular formula is C92H94N2. The maximum Gasteiger partial charge on any atom is 0.0714 e. The third-order valence-electron chi connectivity index (χ3n) is 21.3. The van der Waals surface area contributed by atoms with Gasteiger partial charge < -0.3 is 9.47 Å². The quantitative estimate of drug-likeness (QED) is 0.132. The van der Waals surface area contributed by atoms with E-state index in [1.54, 1.807) is 0 Å². The fourth-order valence-corrected chi connectivity index (χ4v) is 16.0. The maximum absolute atomic E-state index is 2.74. The Hall–Kier alpha value is -8.98. The highest BCUT2D eigenvalue weighted by Gasteiger charge is 2.51. The highest BCUT2D eigenvalue weighted by molar-refractivity contribution is 6.11. The summed E-state index contributed by atoms with van der Waals surface area (Å²) in [6.07, 6.45) is 0.814. The number of benzene rings is 11. The van der Waals surface area contributed by atoms with Crippen molar-refractivity contribution in [1.29, 1.82) is 0 Å². The Morgan fingerprint density at radius 3 is 1.38 bits per heavy atom. The molecule has 1 unspecified atom stereocenters. The standard InChI is InChI=1S/C92H94N2/c1-86(2,3)62-34-32-60(33-35-62)75(59-26-20-18-21-27-59)54-61-55-80-83(84-73-30-24-25-31-78(73)91(16,17)85(61)84)74-51-50-72(93(69-28-22-19-23-29-69)70-46-40-64(41-47-70)88(7,8)9)58-79(74)92(80,66-38-36-63(37-39-66)87(4,5)6)68-45-53-82-77(57-68)76-56-67(90(13,14)15)44-52-81(76)94(82)71-48-42-65(43-49-71)89(10,11)12/h18-53,55-58,75H,54H2,1-17H3/t75-,92?/m1/s1. The highest BCUT2D eigenvalue weighted by Crippen LogP contribution is 2.65. The lowest BCUT2D eigenvalue weighted by molar-refractivity contribution is 0.589. The Morgan fingerprint density at radius 2 is 0.798 bits per heavy atom. The van der Waals surface area contributed by atoms with E-state index in [1.165, 1.54) is 122 Å². The third kappa shape index (κ3) is 10.5. The van der Waals surface area contributed by atoms with Gasteiger partial charge >= 0.3 is 0 Å². The van der Waals surface area contributed by atoms with Gasteiger partial charge in [-0.15, -0.1) is 0 Å². The zero-order chi connectivity index (χ0) is 66.2. The van der Waals surface area contributed by atoms with Gasteiger partial charge in [0.05, 0.1) is 16.4 Å². The van der Waals surface area contributed by atoms with E-state index in [0.29, 0.717) is 0 Å². The normalized spacial score (nSPS) is 15.6. The molecular weight excluding hydrogens is 1130 g/mol. The molecule has 2 atom stereocenters. The van der Waals surface area contributed by atoms with E-state index in [1.807, 2.05) is 0 Å². The molecule has 2 aliphatic rings. The third-order valence-corrected chi connectivity index (χ3v) is 21.3. The minimum absolute atomic E-state index is 0.000486. The van der Waals surface area contributed by atoms with E-state index in [2.05, 4.69) is 370 Å². The Labute approximate surface area is 561 Å². The smallest absolute Gasteiger partial charge is 0.0714 e. The zero-order valence-corrected chi connectivity index (χ0v) is 58.8. The van der Waals surface area contributed by atoms with Crippen molar-refractivity contribution in [3.8, 4) is 27.9 Å². The fourth-order valence-electron chi connectivity index (χ4n) is 16.0. The summed E-state index contributed by atoms with van der Waals surface area (Å²) in [5, 5.41) is 2.51. The van der Waals surface area contributed by atoms with Crippen LogP contribution in [0.5, 0.6) is 0 Å². The SMILES string of the molecule is CC(C)(C)c1ccc([C@H](Cc2cc3c(c4c2C(C)(C)c2ccccc2-4)-c2ccc(N(c4ccccc4)c4ccc(C(C)(C)C)cc4)cc2C3(c2ccc(C(C)(C)C)cc2)c2ccc3c(c2)c2cc(C(C)(C)C)ccc2n3-c2ccc(C(C)(C)C)cc2)c2ccccc2)cc1. The lowest BCUT2D eigenvalue weighted by atomic mass is 9.65. The summed E-state index contributed by atoms with van der Waals surface area (Å²) in [6, 6.07) is 95.1. The van der Waals surface area contributed by atoms with Crippen LogP contribution >= 0.6 is 0 Å². The molecule has 14 rings (SSSR count). The first kappa shape index (κ1) is 62.5. The van der Waals surface area contributed by atoms with Gasteiger partial charge in [0.15, 0.2) is 0 Å². The van der Waals surface area contributed by atoms with Crippen molar-refractivity contribution < 1.29 is 0 Å². The average Bonchev–Trinajstić information content (AvgIpc) is 1.50. The molecule has 0 saturated heterocycles. The van der Waals surface area contributed by atoms with Gasteiger partial charge in [-0.3, -0.25) is 0 Å². The van der Waals surface area contributed by atoms with Crippen LogP contribution < -0.4 is 4.90 Å². The molecule has 0 N–H and O–H groups in total. The van der Waals surface area contributed by atoms with Crippen LogP contribution in [0, 0.1) is 0 Å². The number of rotatable bonds is 10. The number of para-hydroxylation sites is 1. The van der Waals surface area contributed by atoms with Gasteiger partial charge in [-0.05, 0) is 206 Å². The second-order valence-electron chi connectivity index (χ2n) is 33.0. The van der Waals surface area contributed by atoms with Crippen LogP contribution in [0.1, 0.15) is 202 Å². The van der Waals surface area contributed by atoms with Gasteiger partial charge in [0, 0.05) is 44.9 Å². The van der Waals surface area contributed by atoms with E-state index < -0.39 is 5.41 Å². The van der Waals surface area contributed by atoms with E-state index in [-0.39, 0.29) is 38.4 Å². The number of hydrogen-bond acceptors (Lipinski definition) is 1. The number of nitrogens with zero attached hydrogens (tertiary/aromatic N) is 2. The molecule has 472 valence electrons. The summed E-state index contributed by atoms with van der Waals surface area (Å²) in [6.45, 7) is 39.9. The van der Waals surface area contributed by atoms with Crippen LogP contribution in [0.25, 0.3) is 49.7 Å². The lowest BCUT2D eigenvalue weighted by Gasteiger charge is -2.36. The molecule has 94 heavy (non-hydrogen) atoms. The predicted octanol–water partition coefficient (Wildman–Crippen LogP) is 24.8. The Kier molecular flexibility index (Phi) is 14.8. The van der Waals surface area contributed by atoms with Crippen molar-refractivity contribution in [1.82, 2.24) is 4.57 Å². The number of fused-ring (bicyclic) bond motifs is 10. The molecule has 0 aliphatic heterocycles. The van der Waals surface area contributed by atoms with Crippen LogP contribution in [-0.4, -0.2) is 4.57 Å². The van der Waals surface area contributed by atoms with Crippen LogP contribution in [0.2, 0.25) is 0 Å². The topological polar surface area (TPSA) is 8.17 Å². The second-order valence-corrected chi connectivity index (χ2v) is 33.0. The summed E-state index contributed by atoms with van der Waals surface area (Å²) >= 11 is 0. The lowest BCUT2D eigenvalue weighted by Crippen LogP contribution is -2.30. The van der Waals surface area contributed by atoms with Crippen molar-refractivity contribution in [3.05, 3.63) is 321 Å². The number of aromatic nitrogens is 1. The van der Waals surface area contributed by atoms with E-state index >= 15 is 0 Å². The Bertz CT molecular complexity index is 4850. The largest absolute Gasteiger partial charge is 0.310 e. The van der Waals surface area contributed by atoms with Gasteiger partial charge in [0.25, 0.3) is 0 Å². The summed E-state index contributed by atoms with van der Waals surface area (Å²) in [4.78, 5) is 2.49. The molecule has 0 saturated carbocycles. The summed E-state index contributed by atoms with van der Waals surface area (Å²) < 4.78 is 2.52. The minimum Gasteiger partial charge on any atom is -0.310 e. The van der Waals surface area contributed by atoms with Gasteiger partial charge in [0.2, 0.25) is 0 Å². The summed E-state index contributed by atoms with van der Waals surface area (Å²) in [5.74, 6) is 0.0776. The first-order valence-electron chi connectivity index (χ1n) is 34.4. The molecule has 1 heterocycles. The van der Waals surface area contributed by atoms with Crippen LogP contribution in [0.15, 0.2) is 243 Å². The van der Waals surface area contributed by atoms with Crippen molar-refractivity contribution in [2.45, 2.75) is 168 Å². The van der Waals surface area contributed by atoms with Crippen molar-refractivity contribution in [3.63, 3.8) is 0 Å². The molecule has 2 heteroatoms. The van der Waals surface area contributed by atoms with Crippen molar-refractivity contribution in [2.24, 2.45) is 0 Å². The van der Waals surface area contributed by atoms with E-state index in [9.17, 15) is 0 Å². The van der Waals surface area contributed by atoms with Crippen molar-refractivity contribution in [2.75, 3.05) is 4.90 Å². The highest BCUT2D eigenvalue weighted by atomic mass is 15.1. The van der Waals surface area contributed by atoms with Crippen LogP contribution in [0.4, 0.5) is 17.1 Å². The van der Waals surface area contributed by atoms with Crippen LogP contribution in [-0.2, 0) is 44.3 Å². The van der Waals surface area contributed by atoms with E-state index in [0.717, 1.165) is 29.2 Å². The van der Waals surface area contributed by atoms with Crippen molar-refractivity contribution >= 4 is 38.9 Å². The van der Waals surface area contributed by atoms with Crippen LogP contribution in [0.3, 0.4) is 0 Å². The predicted molar refractivity (Wildman–Crippen MR) is 402 cm³/mol. The van der Waals surface area contributed by atoms with Gasteiger partial charge in [-0.2, -0.15) is 0 Å². The number of hydrogen-bond donors (Lipinski definition) is 0. The molecule has 12 aromatic rings. The molecule has 2 nitrogen and oxygen atoms in total. The minimum atomic E-state index is -0.837. The first-order valence-corrected chi connectivity index (χ1v) is 34.4. The van der Waals surface area contributed by atoms with E-state index in [4.69, 9.17) is 0 Å². The monoisotopic (exact) mass is 1230 g/mol. The van der Waals surface area contributed by atoms with Gasteiger partial charge in [-0.1, -0.05) is 288 Å². The molecule has 1 aromatic heterocycles. The molecule has 0 amide bonds. The maximum atomic E-state index is 2.74. The zero-order valence-electron chi connectivity index (χ0n) is 58.8. The molecule has 0 radical (unpaired) electrons. The Balaban J connectivity index is 1.14. The first-order chi connectivity index (χ1) is 44.5. The summed E-state index contributed by atoms with van der Waals surface area (Å²) in [7, 11) is 0. The molecule has 0 spiro atoms. The average molecular weight is 1230 g/mol. The molecule has 0 fully saturated rings. The number of anilines is 3.